The van der Waals surface area contributed by atoms with Crippen LogP contribution in [0.1, 0.15) is 20.3 Å². The highest BCUT2D eigenvalue weighted by Gasteiger charge is 2.13. The zero-order valence-electron chi connectivity index (χ0n) is 7.76. The Morgan fingerprint density at radius 1 is 1.64 bits per heavy atom. The summed E-state index contributed by atoms with van der Waals surface area (Å²) in [5.74, 6) is 1.40. The van der Waals surface area contributed by atoms with E-state index in [1.807, 2.05) is 30.8 Å². The molecule has 0 bridgehead atoms. The number of hydrogen-bond acceptors (Lipinski definition) is 2. The van der Waals surface area contributed by atoms with Gasteiger partial charge in [0.2, 0.25) is 0 Å². The van der Waals surface area contributed by atoms with Crippen molar-refractivity contribution in [3.63, 3.8) is 0 Å². The van der Waals surface area contributed by atoms with Gasteiger partial charge in [0.25, 0.3) is 0 Å². The molecule has 0 aromatic rings. The Kier molecular flexibility index (Phi) is 5.96. The third-order valence-electron chi connectivity index (χ3n) is 1.30. The van der Waals surface area contributed by atoms with Crippen molar-refractivity contribution in [3.05, 3.63) is 0 Å². The molecule has 1 atom stereocenters. The van der Waals surface area contributed by atoms with E-state index in [1.165, 1.54) is 5.75 Å². The Hall–Kier alpha value is 0.240. The first-order valence-electron chi connectivity index (χ1n) is 3.89. The first-order chi connectivity index (χ1) is 5.07. The van der Waals surface area contributed by atoms with Crippen LogP contribution in [-0.2, 0) is 0 Å². The van der Waals surface area contributed by atoms with Crippen molar-refractivity contribution in [2.24, 2.45) is 0 Å². The van der Waals surface area contributed by atoms with Gasteiger partial charge in [0, 0.05) is 25.1 Å². The predicted molar refractivity (Wildman–Crippen MR) is 58.5 cm³/mol. The third-order valence-corrected chi connectivity index (χ3v) is 2.96. The summed E-state index contributed by atoms with van der Waals surface area (Å²) in [5.41, 5.74) is 0. The van der Waals surface area contributed by atoms with Crippen molar-refractivity contribution >= 4 is 29.0 Å². The van der Waals surface area contributed by atoms with Gasteiger partial charge in [-0.15, -0.1) is 0 Å². The lowest BCUT2D eigenvalue weighted by Crippen LogP contribution is -2.17. The summed E-state index contributed by atoms with van der Waals surface area (Å²) in [7, 11) is 3.93. The summed E-state index contributed by atoms with van der Waals surface area (Å²) < 4.78 is 0. The maximum atomic E-state index is 4.91. The molecule has 1 aliphatic heterocycles. The van der Waals surface area contributed by atoms with E-state index >= 15 is 0 Å². The van der Waals surface area contributed by atoms with Gasteiger partial charge in [0.15, 0.2) is 0 Å². The van der Waals surface area contributed by atoms with Crippen molar-refractivity contribution < 1.29 is 0 Å². The number of nitrogens with zero attached hydrogens (tertiary/aromatic N) is 1. The van der Waals surface area contributed by atoms with E-state index < -0.39 is 0 Å². The fourth-order valence-electron chi connectivity index (χ4n) is 0.412. The average molecular weight is 191 g/mol. The molecule has 3 heteroatoms. The highest BCUT2D eigenvalue weighted by Crippen LogP contribution is 2.28. The summed E-state index contributed by atoms with van der Waals surface area (Å²) in [5, 5.41) is 1.000. The normalized spacial score (nSPS) is 19.8. The van der Waals surface area contributed by atoms with Crippen molar-refractivity contribution in [2.45, 2.75) is 25.5 Å². The van der Waals surface area contributed by atoms with Gasteiger partial charge in [-0.25, -0.2) is 0 Å². The van der Waals surface area contributed by atoms with Gasteiger partial charge in [0.1, 0.15) is 0 Å². The van der Waals surface area contributed by atoms with Crippen LogP contribution < -0.4 is 0 Å². The highest BCUT2D eigenvalue weighted by atomic mass is 32.2. The predicted octanol–water partition coefficient (Wildman–Crippen LogP) is 2.41. The summed E-state index contributed by atoms with van der Waals surface area (Å²) in [6.07, 6.45) is 0.975. The molecule has 0 spiro atoms. The second-order valence-corrected chi connectivity index (χ2v) is 4.73. The number of hydrogen-bond donors (Lipinski definition) is 0. The topological polar surface area (TPSA) is 3.24 Å². The van der Waals surface area contributed by atoms with E-state index in [-0.39, 0.29) is 0 Å². The summed E-state index contributed by atoms with van der Waals surface area (Å²) in [6.45, 7) is 4.30. The molecule has 1 fully saturated rings. The molecule has 11 heavy (non-hydrogen) atoms. The fourth-order valence-corrected chi connectivity index (χ4v) is 0.605. The van der Waals surface area contributed by atoms with Crippen molar-refractivity contribution in [1.82, 2.24) is 4.90 Å². The summed E-state index contributed by atoms with van der Waals surface area (Å²) >= 11 is 6.93. The Balaban J connectivity index is 0.000000207. The van der Waals surface area contributed by atoms with Gasteiger partial charge >= 0.3 is 0 Å². The Morgan fingerprint density at radius 2 is 2.00 bits per heavy atom. The molecular formula is C8H17NS2. The molecule has 0 saturated carbocycles. The van der Waals surface area contributed by atoms with Crippen molar-refractivity contribution in [1.29, 1.82) is 0 Å². The van der Waals surface area contributed by atoms with E-state index in [0.29, 0.717) is 0 Å². The molecule has 66 valence electrons. The minimum atomic E-state index is 0.975. The molecule has 1 aliphatic rings. The molecule has 0 radical (unpaired) electrons. The lowest BCUT2D eigenvalue weighted by atomic mass is 10.5. The SMILES string of the molecule is CC1CS1.CCC(=S)N(C)C. The van der Waals surface area contributed by atoms with Crippen LogP contribution in [0.4, 0.5) is 0 Å². The molecule has 0 aliphatic carbocycles. The zero-order valence-corrected chi connectivity index (χ0v) is 9.39. The molecule has 1 nitrogen and oxygen atoms in total. The summed E-state index contributed by atoms with van der Waals surface area (Å²) in [6, 6.07) is 0. The maximum absolute atomic E-state index is 4.91. The number of thioether (sulfide) groups is 1. The zero-order chi connectivity index (χ0) is 8.85. The van der Waals surface area contributed by atoms with Gasteiger partial charge in [0.05, 0.1) is 4.99 Å². The molecule has 1 rings (SSSR count). The van der Waals surface area contributed by atoms with Crippen LogP contribution in [0, 0.1) is 0 Å². The van der Waals surface area contributed by atoms with Gasteiger partial charge in [-0.1, -0.05) is 26.1 Å². The fraction of sp³-hybridized carbons (Fsp3) is 0.875. The molecule has 1 saturated heterocycles. The Morgan fingerprint density at radius 3 is 2.00 bits per heavy atom. The van der Waals surface area contributed by atoms with E-state index in [1.54, 1.807) is 0 Å². The van der Waals surface area contributed by atoms with E-state index in [0.717, 1.165) is 16.7 Å². The molecule has 1 heterocycles. The Labute approximate surface area is 79.5 Å². The monoisotopic (exact) mass is 191 g/mol. The molecule has 0 aromatic carbocycles. The standard InChI is InChI=1S/C5H11NS.C3H6S/c1-4-5(7)6(2)3;1-3-2-4-3/h4H2,1-3H3;3H,2H2,1H3. The molecule has 0 amide bonds. The van der Waals surface area contributed by atoms with Crippen molar-refractivity contribution in [3.8, 4) is 0 Å². The van der Waals surface area contributed by atoms with Crippen LogP contribution in [0.25, 0.3) is 0 Å². The van der Waals surface area contributed by atoms with Crippen LogP contribution in [0.2, 0.25) is 0 Å². The van der Waals surface area contributed by atoms with Gasteiger partial charge in [-0.3, -0.25) is 0 Å². The molecule has 1 unspecified atom stereocenters. The van der Waals surface area contributed by atoms with Crippen LogP contribution in [0.3, 0.4) is 0 Å². The lowest BCUT2D eigenvalue weighted by molar-refractivity contribution is 0.622. The van der Waals surface area contributed by atoms with Crippen LogP contribution >= 0.6 is 24.0 Å². The quantitative estimate of drug-likeness (QED) is 0.463. The molecular weight excluding hydrogens is 174 g/mol. The lowest BCUT2D eigenvalue weighted by Gasteiger charge is -2.09. The van der Waals surface area contributed by atoms with E-state index in [4.69, 9.17) is 12.2 Å². The minimum absolute atomic E-state index is 0.975. The smallest absolute Gasteiger partial charge is 0.0771 e. The highest BCUT2D eigenvalue weighted by molar-refractivity contribution is 8.06. The minimum Gasteiger partial charge on any atom is -0.372 e. The summed E-state index contributed by atoms with van der Waals surface area (Å²) in [4.78, 5) is 2.97. The van der Waals surface area contributed by atoms with Gasteiger partial charge < -0.3 is 4.90 Å². The molecule has 0 N–H and O–H groups in total. The first-order valence-corrected chi connectivity index (χ1v) is 5.35. The average Bonchev–Trinajstić information content (AvgIpc) is 2.71. The first kappa shape index (κ1) is 11.2. The largest absolute Gasteiger partial charge is 0.372 e. The maximum Gasteiger partial charge on any atom is 0.0771 e. The van der Waals surface area contributed by atoms with Crippen LogP contribution in [0.15, 0.2) is 0 Å². The van der Waals surface area contributed by atoms with Crippen molar-refractivity contribution in [2.75, 3.05) is 19.8 Å². The second-order valence-electron chi connectivity index (χ2n) is 2.79. The van der Waals surface area contributed by atoms with Gasteiger partial charge in [-0.05, 0) is 6.42 Å². The van der Waals surface area contributed by atoms with E-state index in [9.17, 15) is 0 Å². The van der Waals surface area contributed by atoms with Gasteiger partial charge in [-0.2, -0.15) is 11.8 Å². The van der Waals surface area contributed by atoms with Crippen LogP contribution in [-0.4, -0.2) is 35.0 Å². The third kappa shape index (κ3) is 8.14. The number of thiocarbonyl (C=S) groups is 1. The Bertz CT molecular complexity index is 119. The second kappa shape index (κ2) is 5.84. The van der Waals surface area contributed by atoms with Crippen LogP contribution in [0.5, 0.6) is 0 Å². The van der Waals surface area contributed by atoms with E-state index in [2.05, 4.69) is 13.8 Å². The molecule has 0 aromatic heterocycles. The number of rotatable bonds is 1.